The van der Waals surface area contributed by atoms with Gasteiger partial charge >= 0.3 is 6.03 Å². The van der Waals surface area contributed by atoms with E-state index in [-0.39, 0.29) is 6.42 Å². The normalized spacial score (nSPS) is 10.5. The summed E-state index contributed by atoms with van der Waals surface area (Å²) in [5, 5.41) is 20.9. The highest BCUT2D eigenvalue weighted by Gasteiger charge is 2.13. The van der Waals surface area contributed by atoms with Gasteiger partial charge in [0.05, 0.1) is 7.11 Å². The van der Waals surface area contributed by atoms with Crippen LogP contribution in [-0.2, 0) is 11.3 Å². The van der Waals surface area contributed by atoms with Crippen LogP contribution in [0.15, 0.2) is 30.5 Å². The first-order chi connectivity index (χ1) is 13.5. The van der Waals surface area contributed by atoms with Crippen molar-refractivity contribution in [1.29, 1.82) is 0 Å². The maximum atomic E-state index is 12.3. The van der Waals surface area contributed by atoms with Crippen molar-refractivity contribution in [2.24, 2.45) is 5.73 Å². The zero-order valence-corrected chi connectivity index (χ0v) is 15.3. The summed E-state index contributed by atoms with van der Waals surface area (Å²) in [6.07, 6.45) is 1.81. The van der Waals surface area contributed by atoms with E-state index in [2.05, 4.69) is 31.3 Å². The van der Waals surface area contributed by atoms with E-state index in [1.807, 2.05) is 0 Å². The Morgan fingerprint density at radius 1 is 1.25 bits per heavy atom. The molecule has 0 aliphatic heterocycles. The molecule has 1 aromatic carbocycles. The Balaban J connectivity index is 1.69. The fraction of sp³-hybridized carbons (Fsp3) is 0.250. The Morgan fingerprint density at radius 2 is 2.07 bits per heavy atom. The molecular weight excluding hydrogens is 366 g/mol. The highest BCUT2D eigenvalue weighted by Crippen LogP contribution is 2.26. The number of aromatic nitrogens is 6. The van der Waals surface area contributed by atoms with Gasteiger partial charge in [0.1, 0.15) is 11.4 Å². The lowest BCUT2D eigenvalue weighted by Crippen LogP contribution is -2.20. The predicted molar refractivity (Wildman–Crippen MR) is 99.1 cm³/mol. The molecule has 0 bridgehead atoms. The second-order valence-electron chi connectivity index (χ2n) is 5.78. The number of nitrogens with two attached hydrogens (primary N) is 1. The average Bonchev–Trinajstić information content (AvgIpc) is 3.28. The fourth-order valence-corrected chi connectivity index (χ4v) is 2.44. The number of benzene rings is 1. The zero-order chi connectivity index (χ0) is 20.1. The van der Waals surface area contributed by atoms with Crippen molar-refractivity contribution in [3.63, 3.8) is 0 Å². The van der Waals surface area contributed by atoms with Crippen molar-refractivity contribution in [2.75, 3.05) is 17.7 Å². The van der Waals surface area contributed by atoms with Gasteiger partial charge in [-0.1, -0.05) is 0 Å². The van der Waals surface area contributed by atoms with Gasteiger partial charge in [0.25, 0.3) is 0 Å². The van der Waals surface area contributed by atoms with Crippen molar-refractivity contribution in [2.45, 2.75) is 19.9 Å². The van der Waals surface area contributed by atoms with Crippen molar-refractivity contribution >= 4 is 23.4 Å². The van der Waals surface area contributed by atoms with Crippen molar-refractivity contribution in [3.05, 3.63) is 36.3 Å². The summed E-state index contributed by atoms with van der Waals surface area (Å²) in [5.41, 5.74) is 6.20. The van der Waals surface area contributed by atoms with E-state index in [0.29, 0.717) is 35.3 Å². The third-order valence-electron chi connectivity index (χ3n) is 3.76. The molecule has 0 fully saturated rings. The molecule has 12 heteroatoms. The van der Waals surface area contributed by atoms with Crippen LogP contribution in [0.5, 0.6) is 5.75 Å². The molecule has 2 aromatic heterocycles. The summed E-state index contributed by atoms with van der Waals surface area (Å²) in [7, 11) is 1.53. The predicted octanol–water partition coefficient (Wildman–Crippen LogP) is 0.695. The van der Waals surface area contributed by atoms with E-state index in [1.165, 1.54) is 16.5 Å². The molecule has 3 rings (SSSR count). The Morgan fingerprint density at radius 3 is 2.75 bits per heavy atom. The maximum absolute atomic E-state index is 12.3. The molecule has 2 heterocycles. The number of urea groups is 1. The van der Waals surface area contributed by atoms with Gasteiger partial charge in [0, 0.05) is 30.9 Å². The van der Waals surface area contributed by atoms with E-state index in [0.717, 1.165) is 0 Å². The topological polar surface area (TPSA) is 155 Å². The Hall–Kier alpha value is -3.96. The lowest BCUT2D eigenvalue weighted by Gasteiger charge is -2.12. The number of carbonyl (C=O) groups excluding carboxylic acids is 2. The monoisotopic (exact) mass is 385 g/mol. The molecule has 12 nitrogen and oxygen atoms in total. The maximum Gasteiger partial charge on any atom is 0.324 e. The summed E-state index contributed by atoms with van der Waals surface area (Å²) in [6, 6.07) is 6.21. The van der Waals surface area contributed by atoms with Crippen LogP contribution in [0, 0.1) is 6.92 Å². The van der Waals surface area contributed by atoms with Crippen LogP contribution in [-0.4, -0.2) is 49.0 Å². The molecule has 3 aromatic rings. The van der Waals surface area contributed by atoms with Gasteiger partial charge in [-0.3, -0.25) is 14.8 Å². The third-order valence-corrected chi connectivity index (χ3v) is 3.76. The number of nitrogens with zero attached hydrogens (tertiary/aromatic N) is 6. The molecule has 0 atom stereocenters. The second-order valence-corrected chi connectivity index (χ2v) is 5.78. The number of rotatable bonds is 7. The SMILES string of the molecule is COc1ccc(NC(=O)Nc2ccn(CCC(N)=O)n2)cc1-n1nnnc1C. The fourth-order valence-electron chi connectivity index (χ4n) is 2.44. The smallest absolute Gasteiger partial charge is 0.324 e. The molecule has 3 amide bonds. The average molecular weight is 385 g/mol. The van der Waals surface area contributed by atoms with E-state index < -0.39 is 11.9 Å². The molecule has 0 saturated carbocycles. The minimum absolute atomic E-state index is 0.165. The van der Waals surface area contributed by atoms with Gasteiger partial charge < -0.3 is 15.8 Å². The van der Waals surface area contributed by atoms with E-state index >= 15 is 0 Å². The number of nitrogens with one attached hydrogen (secondary N) is 2. The second kappa shape index (κ2) is 8.16. The molecule has 28 heavy (non-hydrogen) atoms. The first-order valence-electron chi connectivity index (χ1n) is 8.29. The van der Waals surface area contributed by atoms with E-state index in [1.54, 1.807) is 37.4 Å². The van der Waals surface area contributed by atoms with Gasteiger partial charge in [0.2, 0.25) is 5.91 Å². The van der Waals surface area contributed by atoms with Gasteiger partial charge in [-0.05, 0) is 35.5 Å². The molecule has 0 unspecified atom stereocenters. The van der Waals surface area contributed by atoms with Crippen LogP contribution >= 0.6 is 0 Å². The summed E-state index contributed by atoms with van der Waals surface area (Å²) >= 11 is 0. The minimum Gasteiger partial charge on any atom is -0.494 e. The van der Waals surface area contributed by atoms with Crippen LogP contribution in [0.25, 0.3) is 5.69 Å². The highest BCUT2D eigenvalue weighted by atomic mass is 16.5. The van der Waals surface area contributed by atoms with Crippen LogP contribution in [0.1, 0.15) is 12.2 Å². The minimum atomic E-state index is -0.482. The van der Waals surface area contributed by atoms with Gasteiger partial charge in [-0.15, -0.1) is 5.10 Å². The largest absolute Gasteiger partial charge is 0.494 e. The molecule has 0 saturated heterocycles. The third kappa shape index (κ3) is 4.41. The molecule has 4 N–H and O–H groups in total. The van der Waals surface area contributed by atoms with E-state index in [9.17, 15) is 9.59 Å². The van der Waals surface area contributed by atoms with Crippen molar-refractivity contribution in [1.82, 2.24) is 30.0 Å². The summed E-state index contributed by atoms with van der Waals surface area (Å²) in [4.78, 5) is 23.1. The number of amides is 3. The van der Waals surface area contributed by atoms with Crippen molar-refractivity contribution in [3.8, 4) is 11.4 Å². The van der Waals surface area contributed by atoms with Crippen LogP contribution in [0.2, 0.25) is 0 Å². The van der Waals surface area contributed by atoms with Crippen molar-refractivity contribution < 1.29 is 14.3 Å². The Bertz CT molecular complexity index is 995. The van der Waals surface area contributed by atoms with Crippen LogP contribution in [0.3, 0.4) is 0 Å². The quantitative estimate of drug-likeness (QED) is 0.540. The molecule has 0 spiro atoms. The van der Waals surface area contributed by atoms with Gasteiger partial charge in [-0.25, -0.2) is 4.79 Å². The summed E-state index contributed by atoms with van der Waals surface area (Å²) in [6.45, 7) is 2.09. The van der Waals surface area contributed by atoms with Gasteiger partial charge in [-0.2, -0.15) is 9.78 Å². The lowest BCUT2D eigenvalue weighted by atomic mass is 10.2. The standard InChI is InChI=1S/C16H19N9O3/c1-10-20-22-23-25(10)12-9-11(3-4-13(12)28-2)18-16(27)19-15-6-8-24(21-15)7-5-14(17)26/h3-4,6,8-9H,5,7H2,1-2H3,(H2,17,26)(H2,18,19,21,27). The number of primary amides is 1. The summed E-state index contributed by atoms with van der Waals surface area (Å²) < 4.78 is 8.35. The molecular formula is C16H19N9O3. The van der Waals surface area contributed by atoms with Crippen LogP contribution in [0.4, 0.5) is 16.3 Å². The summed E-state index contributed by atoms with van der Waals surface area (Å²) in [5.74, 6) is 1.04. The van der Waals surface area contributed by atoms with Gasteiger partial charge in [0.15, 0.2) is 11.6 Å². The number of anilines is 2. The Kier molecular flexibility index (Phi) is 5.48. The number of hydrogen-bond donors (Lipinski definition) is 3. The number of methoxy groups -OCH3 is 1. The lowest BCUT2D eigenvalue weighted by molar-refractivity contribution is -0.118. The van der Waals surface area contributed by atoms with Crippen LogP contribution < -0.4 is 21.1 Å². The highest BCUT2D eigenvalue weighted by molar-refractivity contribution is 5.99. The number of carbonyl (C=O) groups is 2. The zero-order valence-electron chi connectivity index (χ0n) is 15.3. The first-order valence-corrected chi connectivity index (χ1v) is 8.29. The number of aryl methyl sites for hydroxylation is 2. The number of ether oxygens (including phenoxy) is 1. The molecule has 0 aliphatic rings. The van der Waals surface area contributed by atoms with E-state index in [4.69, 9.17) is 10.5 Å². The number of hydrogen-bond acceptors (Lipinski definition) is 7. The molecule has 146 valence electrons. The number of tetrazole rings is 1. The molecule has 0 radical (unpaired) electrons. The molecule has 0 aliphatic carbocycles. The first kappa shape index (κ1) is 18.8. The Labute approximate surface area is 159 Å².